The molecule has 0 aromatic carbocycles. The molecule has 0 radical (unpaired) electrons. The van der Waals surface area contributed by atoms with E-state index in [9.17, 15) is 33.9 Å². The Hall–Kier alpha value is -2.52. The molecule has 0 aromatic heterocycles. The van der Waals surface area contributed by atoms with Gasteiger partial charge in [-0.2, -0.15) is 24.4 Å². The lowest BCUT2D eigenvalue weighted by Crippen LogP contribution is -2.58. The predicted molar refractivity (Wildman–Crippen MR) is 114 cm³/mol. The van der Waals surface area contributed by atoms with E-state index in [1.807, 2.05) is 0 Å². The lowest BCUT2D eigenvalue weighted by molar-refractivity contribution is -0.143. The third-order valence-electron chi connectivity index (χ3n) is 3.81. The number of carboxylic acid groups (broad SMARTS) is 2. The second kappa shape index (κ2) is 14.5. The molecule has 0 aliphatic rings. The summed E-state index contributed by atoms with van der Waals surface area (Å²) in [5.41, 5.74) is 10.4. The van der Waals surface area contributed by atoms with Crippen molar-refractivity contribution in [3.05, 3.63) is 0 Å². The summed E-state index contributed by atoms with van der Waals surface area (Å²) in [6.07, 6.45) is 0.545. The van der Waals surface area contributed by atoms with Crippen molar-refractivity contribution in [3.8, 4) is 0 Å². The molecule has 0 saturated carbocycles. The first kappa shape index (κ1) is 28.5. The zero-order valence-electron chi connectivity index (χ0n) is 16.7. The van der Waals surface area contributed by atoms with Crippen molar-refractivity contribution < 1.29 is 39.0 Å². The van der Waals surface area contributed by atoms with Crippen molar-refractivity contribution in [1.29, 1.82) is 0 Å². The summed E-state index contributed by atoms with van der Waals surface area (Å²) in [6, 6.07) is -5.52. The average molecular weight is 482 g/mol. The van der Waals surface area contributed by atoms with E-state index in [2.05, 4.69) is 28.6 Å². The first-order chi connectivity index (χ1) is 14.4. The molecule has 0 aliphatic heterocycles. The molecule has 0 bridgehead atoms. The SMILES string of the molecule is CSCCC(NC(=O)C(CS)NC(=O)C(CC(=O)O)NC(=O)C(N)CC(N)=O)C(=O)O. The Balaban J connectivity index is 5.23. The molecular weight excluding hydrogens is 454 g/mol. The number of hydrogen-bond acceptors (Lipinski definition) is 9. The van der Waals surface area contributed by atoms with Crippen molar-refractivity contribution in [2.45, 2.75) is 43.4 Å². The van der Waals surface area contributed by atoms with Gasteiger partial charge in [-0.15, -0.1) is 0 Å². The fourth-order valence-electron chi connectivity index (χ4n) is 2.20. The number of nitrogens with two attached hydrogens (primary N) is 2. The summed E-state index contributed by atoms with van der Waals surface area (Å²) in [7, 11) is 0. The molecule has 31 heavy (non-hydrogen) atoms. The summed E-state index contributed by atoms with van der Waals surface area (Å²) in [4.78, 5) is 70.0. The van der Waals surface area contributed by atoms with Crippen LogP contribution in [-0.2, 0) is 28.8 Å². The highest BCUT2D eigenvalue weighted by Crippen LogP contribution is 2.03. The van der Waals surface area contributed by atoms with Crippen molar-refractivity contribution >= 4 is 60.0 Å². The molecule has 0 heterocycles. The number of aliphatic carboxylic acids is 2. The number of carbonyl (C=O) groups is 6. The van der Waals surface area contributed by atoms with E-state index < -0.39 is 72.6 Å². The molecule has 0 spiro atoms. The monoisotopic (exact) mass is 481 g/mol. The van der Waals surface area contributed by atoms with E-state index >= 15 is 0 Å². The van der Waals surface area contributed by atoms with Crippen LogP contribution in [0.3, 0.4) is 0 Å². The van der Waals surface area contributed by atoms with E-state index in [4.69, 9.17) is 16.6 Å². The standard InChI is InChI=1S/C16H27N5O8S2/c1-31-3-2-8(16(28)29)19-15(27)10(6-30)21-14(26)9(5-12(23)24)20-13(25)7(17)4-11(18)22/h7-10,30H,2-6,17H2,1H3,(H2,18,22)(H,19,27)(H,20,25)(H,21,26)(H,23,24)(H,28,29). The first-order valence-electron chi connectivity index (χ1n) is 8.92. The molecule has 4 unspecified atom stereocenters. The van der Waals surface area contributed by atoms with Crippen LogP contribution in [0.1, 0.15) is 19.3 Å². The number of thiol groups is 1. The number of carboxylic acids is 2. The van der Waals surface area contributed by atoms with Gasteiger partial charge in [-0.25, -0.2) is 4.79 Å². The van der Waals surface area contributed by atoms with Crippen molar-refractivity contribution in [2.24, 2.45) is 11.5 Å². The maximum absolute atomic E-state index is 12.5. The van der Waals surface area contributed by atoms with E-state index in [1.54, 1.807) is 6.26 Å². The lowest BCUT2D eigenvalue weighted by Gasteiger charge is -2.23. The molecule has 13 nitrogen and oxygen atoms in total. The van der Waals surface area contributed by atoms with E-state index in [0.29, 0.717) is 5.75 Å². The Bertz CT molecular complexity index is 693. The van der Waals surface area contributed by atoms with Crippen LogP contribution >= 0.6 is 24.4 Å². The zero-order valence-corrected chi connectivity index (χ0v) is 18.4. The number of nitrogens with one attached hydrogen (secondary N) is 3. The highest BCUT2D eigenvalue weighted by Gasteiger charge is 2.31. The molecule has 4 amide bonds. The molecule has 15 heteroatoms. The van der Waals surface area contributed by atoms with Crippen LogP contribution in [0.15, 0.2) is 0 Å². The van der Waals surface area contributed by atoms with Crippen LogP contribution in [0.2, 0.25) is 0 Å². The Morgan fingerprint density at radius 3 is 1.87 bits per heavy atom. The summed E-state index contributed by atoms with van der Waals surface area (Å²) >= 11 is 5.34. The third-order valence-corrected chi connectivity index (χ3v) is 4.82. The smallest absolute Gasteiger partial charge is 0.326 e. The summed E-state index contributed by atoms with van der Waals surface area (Å²) in [6.45, 7) is 0. The van der Waals surface area contributed by atoms with Crippen LogP contribution < -0.4 is 27.4 Å². The van der Waals surface area contributed by atoms with Gasteiger partial charge in [0, 0.05) is 5.75 Å². The number of carbonyl (C=O) groups excluding carboxylic acids is 4. The van der Waals surface area contributed by atoms with Gasteiger partial charge in [-0.05, 0) is 18.4 Å². The molecule has 9 N–H and O–H groups in total. The molecule has 0 saturated heterocycles. The molecule has 4 atom stereocenters. The van der Waals surface area contributed by atoms with Gasteiger partial charge in [0.2, 0.25) is 23.6 Å². The van der Waals surface area contributed by atoms with Crippen molar-refractivity contribution in [2.75, 3.05) is 17.8 Å². The second-order valence-corrected chi connectivity index (χ2v) is 7.71. The van der Waals surface area contributed by atoms with Gasteiger partial charge in [0.1, 0.15) is 18.1 Å². The maximum Gasteiger partial charge on any atom is 0.326 e. The van der Waals surface area contributed by atoms with Gasteiger partial charge < -0.3 is 37.6 Å². The minimum absolute atomic E-state index is 0.144. The van der Waals surface area contributed by atoms with Crippen molar-refractivity contribution in [3.63, 3.8) is 0 Å². The maximum atomic E-state index is 12.5. The number of primary amides is 1. The normalized spacial score (nSPS) is 14.4. The van der Waals surface area contributed by atoms with Crippen LogP contribution in [-0.4, -0.2) is 87.7 Å². The van der Waals surface area contributed by atoms with Crippen LogP contribution in [0.4, 0.5) is 0 Å². The van der Waals surface area contributed by atoms with Crippen molar-refractivity contribution in [1.82, 2.24) is 16.0 Å². The fraction of sp³-hybridized carbons (Fsp3) is 0.625. The van der Waals surface area contributed by atoms with Gasteiger partial charge in [-0.3, -0.25) is 24.0 Å². The van der Waals surface area contributed by atoms with Gasteiger partial charge in [0.15, 0.2) is 0 Å². The quantitative estimate of drug-likeness (QED) is 0.110. The Labute approximate surface area is 187 Å². The minimum atomic E-state index is -1.62. The lowest BCUT2D eigenvalue weighted by atomic mass is 10.1. The van der Waals surface area contributed by atoms with Crippen LogP contribution in [0, 0.1) is 0 Å². The minimum Gasteiger partial charge on any atom is -0.481 e. The highest BCUT2D eigenvalue weighted by atomic mass is 32.2. The Morgan fingerprint density at radius 2 is 1.42 bits per heavy atom. The largest absolute Gasteiger partial charge is 0.481 e. The molecule has 176 valence electrons. The Kier molecular flexibility index (Phi) is 13.3. The summed E-state index contributed by atoms with van der Waals surface area (Å²) in [5, 5.41) is 24.8. The molecular formula is C16H27N5O8S2. The number of thioether (sulfide) groups is 1. The molecule has 0 aromatic rings. The fourth-order valence-corrected chi connectivity index (χ4v) is 2.93. The van der Waals surface area contributed by atoms with E-state index in [-0.39, 0.29) is 12.2 Å². The van der Waals surface area contributed by atoms with Gasteiger partial charge in [0.05, 0.1) is 18.9 Å². The number of hydrogen-bond donors (Lipinski definition) is 8. The highest BCUT2D eigenvalue weighted by molar-refractivity contribution is 7.98. The van der Waals surface area contributed by atoms with E-state index in [0.717, 1.165) is 0 Å². The second-order valence-electron chi connectivity index (χ2n) is 6.36. The summed E-state index contributed by atoms with van der Waals surface area (Å²) in [5.74, 6) is -6.20. The topological polar surface area (TPSA) is 231 Å². The number of rotatable bonds is 15. The molecule has 0 rings (SSSR count). The predicted octanol–water partition coefficient (Wildman–Crippen LogP) is -3.11. The van der Waals surface area contributed by atoms with Crippen LogP contribution in [0.5, 0.6) is 0 Å². The van der Waals surface area contributed by atoms with Crippen LogP contribution in [0.25, 0.3) is 0 Å². The first-order valence-corrected chi connectivity index (χ1v) is 10.9. The third kappa shape index (κ3) is 11.4. The van der Waals surface area contributed by atoms with E-state index in [1.165, 1.54) is 11.8 Å². The molecule has 0 aliphatic carbocycles. The van der Waals surface area contributed by atoms with Gasteiger partial charge >= 0.3 is 11.9 Å². The number of amides is 4. The van der Waals surface area contributed by atoms with Gasteiger partial charge in [0.25, 0.3) is 0 Å². The van der Waals surface area contributed by atoms with Gasteiger partial charge in [-0.1, -0.05) is 0 Å². The molecule has 0 fully saturated rings. The summed E-state index contributed by atoms with van der Waals surface area (Å²) < 4.78 is 0. The average Bonchev–Trinajstić information content (AvgIpc) is 2.66. The Morgan fingerprint density at radius 1 is 0.903 bits per heavy atom. The zero-order chi connectivity index (χ0) is 24.1.